The maximum atomic E-state index is 12.3. The van der Waals surface area contributed by atoms with Crippen molar-refractivity contribution in [2.45, 2.75) is 38.9 Å². The molecule has 0 aliphatic rings. The summed E-state index contributed by atoms with van der Waals surface area (Å²) >= 11 is 3.72. The molecule has 0 fully saturated rings. The number of unbranched alkanes of at least 4 members (excludes halogenated alkanes) is 1. The van der Waals surface area contributed by atoms with Crippen LogP contribution in [0.1, 0.15) is 41.6 Å². The molecule has 0 atom stereocenters. The number of alkyl halides is 3. The van der Waals surface area contributed by atoms with Crippen molar-refractivity contribution in [3.8, 4) is 22.7 Å². The van der Waals surface area contributed by atoms with Gasteiger partial charge in [0.05, 0.1) is 17.6 Å². The number of Topliss-reactive ketones (excluding diaryl/α,β-unsaturated/α-hetero) is 1. The maximum absolute atomic E-state index is 12.3. The summed E-state index contributed by atoms with van der Waals surface area (Å²) in [7, 11) is 0. The van der Waals surface area contributed by atoms with Crippen LogP contribution in [0.2, 0.25) is 0 Å². The number of nitrogens with zero attached hydrogens (tertiary/aromatic N) is 5. The number of carboxylic acids is 2. The fourth-order valence-electron chi connectivity index (χ4n) is 4.52. The summed E-state index contributed by atoms with van der Waals surface area (Å²) in [6.45, 7) is 2.09. The Kier molecular flexibility index (Phi) is 11.1. The number of fused-ring (bicyclic) bond motifs is 1. The van der Waals surface area contributed by atoms with Gasteiger partial charge < -0.3 is 30.2 Å². The van der Waals surface area contributed by atoms with Crippen molar-refractivity contribution in [1.29, 1.82) is 0 Å². The van der Waals surface area contributed by atoms with Crippen LogP contribution in [-0.2, 0) is 22.6 Å². The Labute approximate surface area is 272 Å². The van der Waals surface area contributed by atoms with E-state index in [2.05, 4.69) is 53.8 Å². The molecule has 0 radical (unpaired) electrons. The van der Waals surface area contributed by atoms with E-state index in [0.717, 1.165) is 39.4 Å². The number of rotatable bonds is 12. The number of hydrogen-bond donors (Lipinski definition) is 5. The number of carbonyl (C=O) groups excluding carboxylic acids is 1. The van der Waals surface area contributed by atoms with Gasteiger partial charge in [0, 0.05) is 29.5 Å². The lowest BCUT2D eigenvalue weighted by Crippen LogP contribution is -2.23. The number of aromatic amines is 1. The van der Waals surface area contributed by atoms with Crippen LogP contribution in [0, 0.1) is 0 Å². The minimum Gasteiger partial charge on any atom is -0.476 e. The Hall–Kier alpha value is -5.10. The Morgan fingerprint density at radius 2 is 1.83 bits per heavy atom. The number of H-pyrrole nitrogens is 1. The predicted molar refractivity (Wildman–Crippen MR) is 166 cm³/mol. The van der Waals surface area contributed by atoms with Gasteiger partial charge in [0.15, 0.2) is 23.1 Å². The van der Waals surface area contributed by atoms with Gasteiger partial charge >= 0.3 is 18.1 Å². The molecule has 0 amide bonds. The Morgan fingerprint density at radius 1 is 1.13 bits per heavy atom. The molecule has 5 rings (SSSR count). The Morgan fingerprint density at radius 3 is 2.43 bits per heavy atom. The second kappa shape index (κ2) is 15.0. The fraction of sp³-hybridized carbons (Fsp3) is 0.276. The van der Waals surface area contributed by atoms with Gasteiger partial charge in [-0.15, -0.1) is 5.10 Å². The molecule has 6 N–H and O–H groups in total. The molecule has 47 heavy (non-hydrogen) atoms. The summed E-state index contributed by atoms with van der Waals surface area (Å²) in [5.74, 6) is -2.21. The van der Waals surface area contributed by atoms with Gasteiger partial charge in [-0.05, 0) is 50.5 Å². The van der Waals surface area contributed by atoms with Gasteiger partial charge in [-0.25, -0.2) is 19.7 Å². The summed E-state index contributed by atoms with van der Waals surface area (Å²) in [6.07, 6.45) is -2.72. The third kappa shape index (κ3) is 8.20. The van der Waals surface area contributed by atoms with E-state index in [1.807, 2.05) is 42.5 Å². The number of halogens is 4. The van der Waals surface area contributed by atoms with E-state index in [9.17, 15) is 27.9 Å². The number of carboxylic acid groups (broad SMARTS) is 2. The van der Waals surface area contributed by atoms with Crippen LogP contribution in [0.4, 0.5) is 19.0 Å². The molecular weight excluding hydrogens is 693 g/mol. The summed E-state index contributed by atoms with van der Waals surface area (Å²) in [5.41, 5.74) is 8.52. The molecule has 248 valence electrons. The third-order valence-electron chi connectivity index (χ3n) is 6.73. The molecule has 0 aliphatic heterocycles. The number of imidazole rings is 1. The van der Waals surface area contributed by atoms with Crippen LogP contribution in [0.25, 0.3) is 33.7 Å². The Balaban J connectivity index is 0.000000644. The number of nitrogens with two attached hydrogens (primary N) is 1. The normalized spacial score (nSPS) is 11.3. The molecule has 0 spiro atoms. The molecule has 0 unspecified atom stereocenters. The molecule has 0 bridgehead atoms. The maximum Gasteiger partial charge on any atom is 0.490 e. The monoisotopic (exact) mass is 720 g/mol. The van der Waals surface area contributed by atoms with Crippen molar-refractivity contribution in [3.05, 3.63) is 64.0 Å². The van der Waals surface area contributed by atoms with Gasteiger partial charge in [-0.2, -0.15) is 13.2 Å². The zero-order valence-corrected chi connectivity index (χ0v) is 26.2. The molecule has 18 heteroatoms. The molecule has 2 aromatic carbocycles. The summed E-state index contributed by atoms with van der Waals surface area (Å²) in [5, 5.41) is 35.1. The summed E-state index contributed by atoms with van der Waals surface area (Å²) in [4.78, 5) is 37.6. The van der Waals surface area contributed by atoms with Crippen molar-refractivity contribution in [3.63, 3.8) is 0 Å². The highest BCUT2D eigenvalue weighted by molar-refractivity contribution is 9.10. The minimum atomic E-state index is -5.08. The zero-order chi connectivity index (χ0) is 34.3. The second-order valence-corrected chi connectivity index (χ2v) is 10.8. The number of aromatic nitrogens is 6. The Bertz CT molecular complexity index is 1890. The lowest BCUT2D eigenvalue weighted by Gasteiger charge is -2.11. The highest BCUT2D eigenvalue weighted by Gasteiger charge is 2.38. The molecule has 0 aliphatic carbocycles. The van der Waals surface area contributed by atoms with E-state index < -0.39 is 18.1 Å². The van der Waals surface area contributed by atoms with E-state index in [1.165, 1.54) is 0 Å². The van der Waals surface area contributed by atoms with Crippen LogP contribution < -0.4 is 11.1 Å². The quantitative estimate of drug-likeness (QED) is 0.116. The third-order valence-corrected chi connectivity index (χ3v) is 7.52. The number of ketones is 1. The van der Waals surface area contributed by atoms with Crippen molar-refractivity contribution in [1.82, 2.24) is 30.2 Å². The largest absolute Gasteiger partial charge is 0.490 e. The standard InChI is InChI=1S/C27H27BrN8O4.C2HF3O2/c1-2-3-8-21-31-26(30-13-16(37)12-29)23(27(38)39)36(21)14-15-9-10-20-19(11-15)22(28)24(40-20)17-6-4-5-7-18(17)25-32-34-35-33-25;3-2(4,5)1(6)7/h4-7,9-11,30H,2-3,8,12-14,29H2,1H3,(H,38,39)(H,32,33,34,35);(H,6,7). The first kappa shape index (κ1) is 34.8. The first-order valence-electron chi connectivity index (χ1n) is 14.0. The first-order chi connectivity index (χ1) is 22.3. The molecule has 3 heterocycles. The summed E-state index contributed by atoms with van der Waals surface area (Å²) < 4.78 is 40.4. The minimum absolute atomic E-state index is 0.00226. The summed E-state index contributed by atoms with van der Waals surface area (Å²) in [6, 6.07) is 13.4. The molecule has 5 aromatic rings. The number of carbonyl (C=O) groups is 3. The number of nitrogens with one attached hydrogen (secondary N) is 2. The van der Waals surface area contributed by atoms with Crippen molar-refractivity contribution < 1.29 is 42.2 Å². The number of hydrogen-bond acceptors (Lipinski definition) is 10. The lowest BCUT2D eigenvalue weighted by atomic mass is 10.0. The zero-order valence-electron chi connectivity index (χ0n) is 24.6. The van der Waals surface area contributed by atoms with Crippen LogP contribution in [0.3, 0.4) is 0 Å². The van der Waals surface area contributed by atoms with Gasteiger partial charge in [-0.3, -0.25) is 4.79 Å². The second-order valence-electron chi connectivity index (χ2n) is 9.99. The van der Waals surface area contributed by atoms with Gasteiger partial charge in [-0.1, -0.05) is 43.7 Å². The van der Waals surface area contributed by atoms with Gasteiger partial charge in [0.25, 0.3) is 0 Å². The molecular formula is C29H28BrF3N8O6. The van der Waals surface area contributed by atoms with E-state index in [4.69, 9.17) is 20.1 Å². The van der Waals surface area contributed by atoms with Crippen LogP contribution in [0.5, 0.6) is 0 Å². The highest BCUT2D eigenvalue weighted by Crippen LogP contribution is 2.41. The fourth-order valence-corrected chi connectivity index (χ4v) is 5.12. The molecule has 14 nitrogen and oxygen atoms in total. The SMILES string of the molecule is CCCCc1nc(NCC(=O)CN)c(C(=O)O)n1Cc1ccc2oc(-c3ccccc3-c3nnn[nH]3)c(Br)c2c1.O=C(O)C(F)(F)F. The van der Waals surface area contributed by atoms with E-state index in [1.54, 1.807) is 4.57 Å². The number of benzene rings is 2. The van der Waals surface area contributed by atoms with Crippen molar-refractivity contribution >= 4 is 50.4 Å². The number of aryl methyl sites for hydroxylation is 1. The van der Waals surface area contributed by atoms with E-state index >= 15 is 0 Å². The van der Waals surface area contributed by atoms with E-state index in [0.29, 0.717) is 29.4 Å². The van der Waals surface area contributed by atoms with Crippen molar-refractivity contribution in [2.75, 3.05) is 18.4 Å². The number of tetrazole rings is 1. The average molecular weight is 721 g/mol. The number of aromatic carboxylic acids is 1. The van der Waals surface area contributed by atoms with Crippen LogP contribution in [-0.4, -0.2) is 77.4 Å². The topological polar surface area (TPSA) is 215 Å². The number of anilines is 1. The van der Waals surface area contributed by atoms with Gasteiger partial charge in [0.1, 0.15) is 17.2 Å². The number of aliphatic carboxylic acids is 1. The number of furan rings is 1. The van der Waals surface area contributed by atoms with E-state index in [-0.39, 0.29) is 36.9 Å². The molecule has 3 aromatic heterocycles. The van der Waals surface area contributed by atoms with Gasteiger partial charge in [0.2, 0.25) is 0 Å². The van der Waals surface area contributed by atoms with Crippen LogP contribution in [0.15, 0.2) is 51.4 Å². The van der Waals surface area contributed by atoms with Crippen LogP contribution >= 0.6 is 15.9 Å². The van der Waals surface area contributed by atoms with Crippen molar-refractivity contribution in [2.24, 2.45) is 5.73 Å². The lowest BCUT2D eigenvalue weighted by molar-refractivity contribution is -0.192. The first-order valence-corrected chi connectivity index (χ1v) is 14.8. The molecule has 0 saturated carbocycles. The highest BCUT2D eigenvalue weighted by atomic mass is 79.9. The average Bonchev–Trinajstić information content (AvgIpc) is 3.77. The predicted octanol–water partition coefficient (Wildman–Crippen LogP) is 4.90. The molecule has 0 saturated heterocycles. The smallest absolute Gasteiger partial charge is 0.476 e.